The minimum atomic E-state index is -0.214. The Hall–Kier alpha value is -3.67. The third-order valence-corrected chi connectivity index (χ3v) is 4.03. The molecule has 0 spiro atoms. The summed E-state index contributed by atoms with van der Waals surface area (Å²) in [6.07, 6.45) is 3.46. The number of benzene rings is 2. The second-order valence-electron chi connectivity index (χ2n) is 5.71. The van der Waals surface area contributed by atoms with E-state index in [0.717, 1.165) is 22.4 Å². The van der Waals surface area contributed by atoms with Gasteiger partial charge in [-0.1, -0.05) is 12.1 Å². The Bertz CT molecular complexity index is 1070. The SMILES string of the molecule is COc1ccccc1NC(=O)c1ccc2nc(-c3cccnc3)[nH]c2c1. The van der Waals surface area contributed by atoms with Crippen molar-refractivity contribution in [2.75, 3.05) is 12.4 Å². The number of hydrogen-bond acceptors (Lipinski definition) is 4. The number of imidazole rings is 1. The van der Waals surface area contributed by atoms with Crippen molar-refractivity contribution in [1.82, 2.24) is 15.0 Å². The van der Waals surface area contributed by atoms with Crippen molar-refractivity contribution in [3.8, 4) is 17.1 Å². The van der Waals surface area contributed by atoms with Crippen molar-refractivity contribution >= 4 is 22.6 Å². The van der Waals surface area contributed by atoms with Crippen LogP contribution in [0.25, 0.3) is 22.4 Å². The first-order chi connectivity index (χ1) is 12.7. The summed E-state index contributed by atoms with van der Waals surface area (Å²) in [5.74, 6) is 1.12. The lowest BCUT2D eigenvalue weighted by atomic mass is 10.2. The summed E-state index contributed by atoms with van der Waals surface area (Å²) in [6, 6.07) is 16.4. The zero-order chi connectivity index (χ0) is 17.9. The lowest BCUT2D eigenvalue weighted by Gasteiger charge is -2.09. The summed E-state index contributed by atoms with van der Waals surface area (Å²) in [6.45, 7) is 0. The number of carbonyl (C=O) groups excluding carboxylic acids is 1. The van der Waals surface area contributed by atoms with E-state index in [0.29, 0.717) is 17.0 Å². The van der Waals surface area contributed by atoms with Gasteiger partial charge in [0.05, 0.1) is 23.8 Å². The topological polar surface area (TPSA) is 79.9 Å². The average Bonchev–Trinajstić information content (AvgIpc) is 3.12. The van der Waals surface area contributed by atoms with E-state index in [4.69, 9.17) is 4.74 Å². The van der Waals surface area contributed by atoms with Gasteiger partial charge in [0.15, 0.2) is 0 Å². The Balaban J connectivity index is 1.64. The first-order valence-electron chi connectivity index (χ1n) is 8.09. The number of amides is 1. The van der Waals surface area contributed by atoms with Crippen molar-refractivity contribution in [3.05, 3.63) is 72.6 Å². The van der Waals surface area contributed by atoms with E-state index in [1.807, 2.05) is 30.3 Å². The molecule has 4 rings (SSSR count). The van der Waals surface area contributed by atoms with Crippen LogP contribution in [0.4, 0.5) is 5.69 Å². The molecule has 2 N–H and O–H groups in total. The highest BCUT2D eigenvalue weighted by atomic mass is 16.5. The molecule has 0 aliphatic rings. The third kappa shape index (κ3) is 3.00. The van der Waals surface area contributed by atoms with E-state index in [1.165, 1.54) is 0 Å². The minimum Gasteiger partial charge on any atom is -0.495 e. The average molecular weight is 344 g/mol. The van der Waals surface area contributed by atoms with Crippen LogP contribution in [0.5, 0.6) is 5.75 Å². The summed E-state index contributed by atoms with van der Waals surface area (Å²) >= 11 is 0. The van der Waals surface area contributed by atoms with E-state index in [2.05, 4.69) is 20.3 Å². The molecule has 2 aromatic carbocycles. The van der Waals surface area contributed by atoms with Gasteiger partial charge in [-0.05, 0) is 42.5 Å². The van der Waals surface area contributed by atoms with Gasteiger partial charge in [-0.2, -0.15) is 0 Å². The number of anilines is 1. The van der Waals surface area contributed by atoms with Gasteiger partial charge in [-0.25, -0.2) is 4.98 Å². The minimum absolute atomic E-state index is 0.214. The van der Waals surface area contributed by atoms with Crippen LogP contribution in [0.15, 0.2) is 67.0 Å². The molecule has 128 valence electrons. The number of aromatic nitrogens is 3. The van der Waals surface area contributed by atoms with Crippen LogP contribution in [0.3, 0.4) is 0 Å². The number of nitrogens with zero attached hydrogens (tertiary/aromatic N) is 2. The molecule has 0 saturated heterocycles. The number of fused-ring (bicyclic) bond motifs is 1. The fourth-order valence-electron chi connectivity index (χ4n) is 2.73. The maximum absolute atomic E-state index is 12.6. The number of H-pyrrole nitrogens is 1. The lowest BCUT2D eigenvalue weighted by molar-refractivity contribution is 0.102. The number of pyridine rings is 1. The summed E-state index contributed by atoms with van der Waals surface area (Å²) < 4.78 is 5.27. The maximum atomic E-state index is 12.6. The van der Waals surface area contributed by atoms with Crippen LogP contribution >= 0.6 is 0 Å². The van der Waals surface area contributed by atoms with Gasteiger partial charge < -0.3 is 15.0 Å². The van der Waals surface area contributed by atoms with Gasteiger partial charge in [-0.3, -0.25) is 9.78 Å². The zero-order valence-electron chi connectivity index (χ0n) is 14.1. The quantitative estimate of drug-likeness (QED) is 0.589. The summed E-state index contributed by atoms with van der Waals surface area (Å²) in [4.78, 5) is 24.5. The van der Waals surface area contributed by atoms with Crippen LogP contribution in [0, 0.1) is 0 Å². The standard InChI is InChI=1S/C20H16N4O2/c1-26-18-7-3-2-6-16(18)24-20(25)13-8-9-15-17(11-13)23-19(22-15)14-5-4-10-21-12-14/h2-12H,1H3,(H,22,23)(H,24,25). The predicted octanol–water partition coefficient (Wildman–Crippen LogP) is 3.89. The molecule has 6 heteroatoms. The number of aromatic amines is 1. The molecule has 0 unspecified atom stereocenters. The molecule has 2 aromatic heterocycles. The molecule has 0 aliphatic heterocycles. The van der Waals surface area contributed by atoms with Crippen LogP contribution in [0.2, 0.25) is 0 Å². The van der Waals surface area contributed by atoms with Gasteiger partial charge in [0.1, 0.15) is 11.6 Å². The Kier molecular flexibility index (Phi) is 4.07. The molecular formula is C20H16N4O2. The Morgan fingerprint density at radius 2 is 2.00 bits per heavy atom. The molecule has 2 heterocycles. The molecule has 0 radical (unpaired) electrons. The van der Waals surface area contributed by atoms with E-state index >= 15 is 0 Å². The highest BCUT2D eigenvalue weighted by Crippen LogP contribution is 2.25. The van der Waals surface area contributed by atoms with Crippen LogP contribution in [0.1, 0.15) is 10.4 Å². The summed E-state index contributed by atoms with van der Waals surface area (Å²) in [5.41, 5.74) is 3.63. The molecule has 0 bridgehead atoms. The molecule has 6 nitrogen and oxygen atoms in total. The van der Waals surface area contributed by atoms with Gasteiger partial charge in [-0.15, -0.1) is 0 Å². The van der Waals surface area contributed by atoms with Crippen LogP contribution < -0.4 is 10.1 Å². The highest BCUT2D eigenvalue weighted by Gasteiger charge is 2.12. The lowest BCUT2D eigenvalue weighted by Crippen LogP contribution is -2.12. The largest absolute Gasteiger partial charge is 0.495 e. The Morgan fingerprint density at radius 1 is 1.12 bits per heavy atom. The van der Waals surface area contributed by atoms with Crippen molar-refractivity contribution in [2.45, 2.75) is 0 Å². The van der Waals surface area contributed by atoms with Crippen molar-refractivity contribution in [1.29, 1.82) is 0 Å². The molecular weight excluding hydrogens is 328 g/mol. The Morgan fingerprint density at radius 3 is 2.81 bits per heavy atom. The van der Waals surface area contributed by atoms with Crippen LogP contribution in [-0.4, -0.2) is 28.0 Å². The van der Waals surface area contributed by atoms with Gasteiger partial charge >= 0.3 is 0 Å². The van der Waals surface area contributed by atoms with Crippen molar-refractivity contribution in [2.24, 2.45) is 0 Å². The monoisotopic (exact) mass is 344 g/mol. The maximum Gasteiger partial charge on any atom is 0.255 e. The van der Waals surface area contributed by atoms with Crippen molar-refractivity contribution in [3.63, 3.8) is 0 Å². The molecule has 1 amide bonds. The number of para-hydroxylation sites is 2. The second-order valence-corrected chi connectivity index (χ2v) is 5.71. The van der Waals surface area contributed by atoms with Gasteiger partial charge in [0, 0.05) is 23.5 Å². The third-order valence-electron chi connectivity index (χ3n) is 4.03. The van der Waals surface area contributed by atoms with Gasteiger partial charge in [0.25, 0.3) is 5.91 Å². The number of hydrogen-bond donors (Lipinski definition) is 2. The van der Waals surface area contributed by atoms with Crippen molar-refractivity contribution < 1.29 is 9.53 Å². The molecule has 4 aromatic rings. The first kappa shape index (κ1) is 15.8. The predicted molar refractivity (Wildman–Crippen MR) is 100 cm³/mol. The second kappa shape index (κ2) is 6.68. The fourth-order valence-corrected chi connectivity index (χ4v) is 2.73. The van der Waals surface area contributed by atoms with Crippen LogP contribution in [-0.2, 0) is 0 Å². The normalized spacial score (nSPS) is 10.7. The van der Waals surface area contributed by atoms with E-state index in [-0.39, 0.29) is 5.91 Å². The zero-order valence-corrected chi connectivity index (χ0v) is 14.1. The molecule has 0 atom stereocenters. The number of ether oxygens (including phenoxy) is 1. The fraction of sp³-hybridized carbons (Fsp3) is 0.0500. The number of rotatable bonds is 4. The molecule has 0 aliphatic carbocycles. The smallest absolute Gasteiger partial charge is 0.255 e. The number of carbonyl (C=O) groups is 1. The Labute approximate surface area is 149 Å². The number of nitrogens with one attached hydrogen (secondary N) is 2. The summed E-state index contributed by atoms with van der Waals surface area (Å²) in [7, 11) is 1.57. The molecule has 0 fully saturated rings. The van der Waals surface area contributed by atoms with Gasteiger partial charge in [0.2, 0.25) is 0 Å². The van der Waals surface area contributed by atoms with E-state index in [9.17, 15) is 4.79 Å². The number of methoxy groups -OCH3 is 1. The highest BCUT2D eigenvalue weighted by molar-refractivity contribution is 6.06. The first-order valence-corrected chi connectivity index (χ1v) is 8.09. The molecule has 0 saturated carbocycles. The van der Waals surface area contributed by atoms with E-state index in [1.54, 1.807) is 43.8 Å². The molecule has 26 heavy (non-hydrogen) atoms. The van der Waals surface area contributed by atoms with E-state index < -0.39 is 0 Å². The summed E-state index contributed by atoms with van der Waals surface area (Å²) in [5, 5.41) is 2.87.